The van der Waals surface area contributed by atoms with Crippen molar-refractivity contribution in [2.24, 2.45) is 0 Å². The highest BCUT2D eigenvalue weighted by atomic mass is 35.5. The largest absolute Gasteiger partial charge is 0.481 e. The number of hydrogen-bond acceptors (Lipinski definition) is 2. The molecule has 2 N–H and O–H groups in total. The average molecular weight is 298 g/mol. The molecule has 108 valence electrons. The summed E-state index contributed by atoms with van der Waals surface area (Å²) in [6.07, 6.45) is -4.55. The van der Waals surface area contributed by atoms with Gasteiger partial charge in [0.15, 0.2) is 0 Å². The van der Waals surface area contributed by atoms with E-state index in [9.17, 15) is 18.0 Å². The lowest BCUT2D eigenvalue weighted by atomic mass is 9.93. The van der Waals surface area contributed by atoms with Crippen molar-refractivity contribution >= 4 is 18.4 Å². The van der Waals surface area contributed by atoms with Crippen LogP contribution in [-0.4, -0.2) is 24.2 Å². The highest BCUT2D eigenvalue weighted by Gasteiger charge is 2.36. The fraction of sp³-hybridized carbons (Fsp3) is 0.417. The van der Waals surface area contributed by atoms with E-state index in [1.165, 1.54) is 18.2 Å². The number of carboxylic acids is 1. The Labute approximate surface area is 115 Å². The molecule has 0 spiro atoms. The maximum absolute atomic E-state index is 12.8. The van der Waals surface area contributed by atoms with Crippen LogP contribution in [0, 0.1) is 0 Å². The molecule has 1 aromatic rings. The van der Waals surface area contributed by atoms with E-state index in [1.54, 1.807) is 6.92 Å². The standard InChI is InChI=1S/C12H14F3NO2.ClH/c1-2-16-7-9(11(17)18)8-5-3-4-6-10(8)12(13,14)15;/h3-6,9,16H,2,7H2,1H3,(H,17,18);1H. The van der Waals surface area contributed by atoms with Crippen molar-refractivity contribution in [3.8, 4) is 0 Å². The smallest absolute Gasteiger partial charge is 0.416 e. The fourth-order valence-electron chi connectivity index (χ4n) is 1.68. The van der Waals surface area contributed by atoms with Crippen molar-refractivity contribution in [3.63, 3.8) is 0 Å². The van der Waals surface area contributed by atoms with Gasteiger partial charge in [-0.3, -0.25) is 4.79 Å². The summed E-state index contributed by atoms with van der Waals surface area (Å²) in [5.74, 6) is -2.48. The third-order valence-corrected chi connectivity index (χ3v) is 2.54. The van der Waals surface area contributed by atoms with E-state index in [2.05, 4.69) is 5.32 Å². The number of rotatable bonds is 5. The van der Waals surface area contributed by atoms with Crippen molar-refractivity contribution in [1.82, 2.24) is 5.32 Å². The minimum Gasteiger partial charge on any atom is -0.481 e. The summed E-state index contributed by atoms with van der Waals surface area (Å²) < 4.78 is 38.3. The first-order valence-electron chi connectivity index (χ1n) is 5.47. The number of benzene rings is 1. The molecule has 0 aliphatic heterocycles. The normalized spacial score (nSPS) is 12.6. The van der Waals surface area contributed by atoms with Crippen molar-refractivity contribution in [2.45, 2.75) is 19.0 Å². The molecule has 1 rings (SSSR count). The average Bonchev–Trinajstić information content (AvgIpc) is 2.28. The van der Waals surface area contributed by atoms with Gasteiger partial charge in [0.05, 0.1) is 11.5 Å². The predicted octanol–water partition coefficient (Wildman–Crippen LogP) is 2.90. The van der Waals surface area contributed by atoms with Crippen molar-refractivity contribution in [1.29, 1.82) is 0 Å². The molecule has 0 amide bonds. The molecule has 3 nitrogen and oxygen atoms in total. The van der Waals surface area contributed by atoms with E-state index in [4.69, 9.17) is 5.11 Å². The molecule has 0 fully saturated rings. The van der Waals surface area contributed by atoms with E-state index in [-0.39, 0.29) is 24.5 Å². The van der Waals surface area contributed by atoms with Gasteiger partial charge in [0.1, 0.15) is 0 Å². The number of carbonyl (C=O) groups is 1. The van der Waals surface area contributed by atoms with Crippen LogP contribution in [0.3, 0.4) is 0 Å². The molecule has 1 unspecified atom stereocenters. The first-order chi connectivity index (χ1) is 8.38. The molecule has 19 heavy (non-hydrogen) atoms. The number of aliphatic carboxylic acids is 1. The van der Waals surface area contributed by atoms with Crippen molar-refractivity contribution in [2.75, 3.05) is 13.1 Å². The van der Waals surface area contributed by atoms with Gasteiger partial charge in [0.2, 0.25) is 0 Å². The molecular weight excluding hydrogens is 283 g/mol. The van der Waals surface area contributed by atoms with E-state index in [0.717, 1.165) is 6.07 Å². The second-order valence-electron chi connectivity index (χ2n) is 3.78. The van der Waals surface area contributed by atoms with Crippen LogP contribution in [-0.2, 0) is 11.0 Å². The second-order valence-corrected chi connectivity index (χ2v) is 3.78. The number of halogens is 4. The summed E-state index contributed by atoms with van der Waals surface area (Å²) in [6.45, 7) is 2.23. The van der Waals surface area contributed by atoms with Crippen LogP contribution in [0.5, 0.6) is 0 Å². The van der Waals surface area contributed by atoms with Gasteiger partial charge >= 0.3 is 12.1 Å². The Morgan fingerprint density at radius 1 is 1.37 bits per heavy atom. The molecular formula is C12H15ClF3NO2. The predicted molar refractivity (Wildman–Crippen MR) is 67.6 cm³/mol. The summed E-state index contributed by atoms with van der Waals surface area (Å²) in [6, 6.07) is 4.76. The Morgan fingerprint density at radius 2 is 1.95 bits per heavy atom. The van der Waals surface area contributed by atoms with Crippen LogP contribution < -0.4 is 5.32 Å². The summed E-state index contributed by atoms with van der Waals surface area (Å²) >= 11 is 0. The van der Waals surface area contributed by atoms with Crippen LogP contribution in [0.2, 0.25) is 0 Å². The van der Waals surface area contributed by atoms with E-state index in [0.29, 0.717) is 6.54 Å². The lowest BCUT2D eigenvalue weighted by molar-refractivity contribution is -0.141. The van der Waals surface area contributed by atoms with Crippen LogP contribution >= 0.6 is 12.4 Å². The van der Waals surface area contributed by atoms with E-state index >= 15 is 0 Å². The topological polar surface area (TPSA) is 49.3 Å². The molecule has 0 saturated heterocycles. The Bertz CT molecular complexity index is 424. The minimum atomic E-state index is -4.55. The molecule has 0 radical (unpaired) electrons. The van der Waals surface area contributed by atoms with Crippen molar-refractivity contribution in [3.05, 3.63) is 35.4 Å². The second kappa shape index (κ2) is 7.35. The lowest BCUT2D eigenvalue weighted by Gasteiger charge is -2.18. The molecule has 1 atom stereocenters. The van der Waals surface area contributed by atoms with Crippen LogP contribution in [0.15, 0.2) is 24.3 Å². The zero-order valence-electron chi connectivity index (χ0n) is 10.2. The van der Waals surface area contributed by atoms with Gasteiger partial charge in [-0.05, 0) is 18.2 Å². The summed E-state index contributed by atoms with van der Waals surface area (Å²) in [4.78, 5) is 11.1. The molecule has 0 saturated carbocycles. The highest BCUT2D eigenvalue weighted by molar-refractivity contribution is 5.85. The zero-order valence-corrected chi connectivity index (χ0v) is 11.0. The first-order valence-corrected chi connectivity index (χ1v) is 5.47. The fourth-order valence-corrected chi connectivity index (χ4v) is 1.68. The monoisotopic (exact) mass is 297 g/mol. The van der Waals surface area contributed by atoms with Gasteiger partial charge < -0.3 is 10.4 Å². The maximum Gasteiger partial charge on any atom is 0.416 e. The van der Waals surface area contributed by atoms with Gasteiger partial charge in [-0.2, -0.15) is 13.2 Å². The third-order valence-electron chi connectivity index (χ3n) is 2.54. The summed E-state index contributed by atoms with van der Waals surface area (Å²) in [7, 11) is 0. The number of likely N-dealkylation sites (N-methyl/N-ethyl adjacent to an activating group) is 1. The van der Waals surface area contributed by atoms with Gasteiger partial charge in [-0.25, -0.2) is 0 Å². The molecule has 0 heterocycles. The molecule has 0 aromatic heterocycles. The molecule has 1 aromatic carbocycles. The SMILES string of the molecule is CCNCC(C(=O)O)c1ccccc1C(F)(F)F.Cl. The molecule has 0 bridgehead atoms. The van der Waals surface area contributed by atoms with E-state index < -0.39 is 23.6 Å². The van der Waals surface area contributed by atoms with Gasteiger partial charge in [-0.1, -0.05) is 25.1 Å². The zero-order chi connectivity index (χ0) is 13.8. The first kappa shape index (κ1) is 17.7. The number of nitrogens with one attached hydrogen (secondary N) is 1. The van der Waals surface area contributed by atoms with Gasteiger partial charge in [0.25, 0.3) is 0 Å². The summed E-state index contributed by atoms with van der Waals surface area (Å²) in [5, 5.41) is 11.8. The quantitative estimate of drug-likeness (QED) is 0.878. The third kappa shape index (κ3) is 4.72. The Morgan fingerprint density at radius 3 is 2.42 bits per heavy atom. The van der Waals surface area contributed by atoms with Crippen molar-refractivity contribution < 1.29 is 23.1 Å². The van der Waals surface area contributed by atoms with E-state index in [1.807, 2.05) is 0 Å². The maximum atomic E-state index is 12.8. The Hall–Kier alpha value is -1.27. The number of hydrogen-bond donors (Lipinski definition) is 2. The highest BCUT2D eigenvalue weighted by Crippen LogP contribution is 2.35. The number of carboxylic acid groups (broad SMARTS) is 1. The number of alkyl halides is 3. The van der Waals surface area contributed by atoms with Gasteiger partial charge in [-0.15, -0.1) is 12.4 Å². The molecule has 0 aliphatic carbocycles. The van der Waals surface area contributed by atoms with Gasteiger partial charge in [0, 0.05) is 6.54 Å². The Balaban J connectivity index is 0.00000324. The molecule has 0 aliphatic rings. The Kier molecular flexibility index (Phi) is 6.86. The van der Waals surface area contributed by atoms with Crippen LogP contribution in [0.1, 0.15) is 24.0 Å². The molecule has 7 heteroatoms. The lowest BCUT2D eigenvalue weighted by Crippen LogP contribution is -2.28. The van der Waals surface area contributed by atoms with Crippen LogP contribution in [0.4, 0.5) is 13.2 Å². The minimum absolute atomic E-state index is 0. The van der Waals surface area contributed by atoms with Crippen LogP contribution in [0.25, 0.3) is 0 Å². The summed E-state index contributed by atoms with van der Waals surface area (Å²) in [5.41, 5.74) is -1.10.